The van der Waals surface area contributed by atoms with Crippen LogP contribution in [0.25, 0.3) is 11.0 Å². The number of benzene rings is 1. The number of aryl methyl sites for hydroxylation is 3. The topological polar surface area (TPSA) is 85.0 Å². The monoisotopic (exact) mass is 351 g/mol. The second-order valence-corrected chi connectivity index (χ2v) is 6.84. The highest BCUT2D eigenvalue weighted by Gasteiger charge is 2.27. The van der Waals surface area contributed by atoms with Gasteiger partial charge in [-0.05, 0) is 51.8 Å². The third-order valence-corrected chi connectivity index (χ3v) is 5.00. The summed E-state index contributed by atoms with van der Waals surface area (Å²) in [7, 11) is 0. The predicted molar refractivity (Wildman–Crippen MR) is 95.9 cm³/mol. The summed E-state index contributed by atoms with van der Waals surface area (Å²) in [6, 6.07) is 5.54. The van der Waals surface area contributed by atoms with E-state index in [-0.39, 0.29) is 11.8 Å². The number of carbonyl (C=O) groups excluding carboxylic acids is 1. The fourth-order valence-electron chi connectivity index (χ4n) is 3.35. The zero-order chi connectivity index (χ0) is 18.3. The zero-order valence-corrected chi connectivity index (χ0v) is 15.2. The standard InChI is InChI=1S/C19H21N5O2/c1-11-12(2)21-17-10-15(4-5-16(17)20-11)19(25)24-8-6-14(7-9-24)18-22-13(3)23-26-18/h4-5,10,14H,6-9H2,1-3H3. The second-order valence-electron chi connectivity index (χ2n) is 6.84. The zero-order valence-electron chi connectivity index (χ0n) is 15.2. The van der Waals surface area contributed by atoms with E-state index in [0.717, 1.165) is 35.3 Å². The number of aromatic nitrogens is 4. The van der Waals surface area contributed by atoms with Gasteiger partial charge in [-0.3, -0.25) is 4.79 Å². The largest absolute Gasteiger partial charge is 0.339 e. The average molecular weight is 351 g/mol. The molecule has 0 saturated carbocycles. The molecular weight excluding hydrogens is 330 g/mol. The van der Waals surface area contributed by atoms with Crippen molar-refractivity contribution in [3.63, 3.8) is 0 Å². The van der Waals surface area contributed by atoms with Gasteiger partial charge in [0.2, 0.25) is 5.89 Å². The molecule has 0 atom stereocenters. The normalized spacial score (nSPS) is 15.6. The van der Waals surface area contributed by atoms with Gasteiger partial charge in [-0.1, -0.05) is 5.16 Å². The van der Waals surface area contributed by atoms with Gasteiger partial charge in [0.05, 0.1) is 22.4 Å². The van der Waals surface area contributed by atoms with E-state index in [1.807, 2.05) is 43.9 Å². The Bertz CT molecular complexity index is 973. The molecule has 1 aromatic carbocycles. The Morgan fingerprint density at radius 2 is 1.73 bits per heavy atom. The van der Waals surface area contributed by atoms with Crippen LogP contribution in [0.4, 0.5) is 0 Å². The number of likely N-dealkylation sites (tertiary alicyclic amines) is 1. The Balaban J connectivity index is 1.49. The number of hydrogen-bond donors (Lipinski definition) is 0. The summed E-state index contributed by atoms with van der Waals surface area (Å²) in [5, 5.41) is 3.86. The van der Waals surface area contributed by atoms with Crippen LogP contribution in [0.15, 0.2) is 22.7 Å². The van der Waals surface area contributed by atoms with Crippen LogP contribution in [-0.4, -0.2) is 44.0 Å². The van der Waals surface area contributed by atoms with Crippen LogP contribution >= 0.6 is 0 Å². The van der Waals surface area contributed by atoms with Gasteiger partial charge in [0.15, 0.2) is 5.82 Å². The molecule has 7 heteroatoms. The van der Waals surface area contributed by atoms with Gasteiger partial charge in [-0.25, -0.2) is 9.97 Å². The minimum absolute atomic E-state index is 0.0343. The van der Waals surface area contributed by atoms with Crippen molar-refractivity contribution in [1.82, 2.24) is 25.0 Å². The Hall–Kier alpha value is -2.83. The minimum Gasteiger partial charge on any atom is -0.339 e. The fourth-order valence-corrected chi connectivity index (χ4v) is 3.35. The Morgan fingerprint density at radius 1 is 1.04 bits per heavy atom. The van der Waals surface area contributed by atoms with E-state index in [2.05, 4.69) is 20.1 Å². The molecule has 1 aliphatic heterocycles. The first kappa shape index (κ1) is 16.6. The number of fused-ring (bicyclic) bond motifs is 1. The SMILES string of the molecule is Cc1noc(C2CCN(C(=O)c3ccc4nc(C)c(C)nc4c3)CC2)n1. The highest BCUT2D eigenvalue weighted by Crippen LogP contribution is 2.27. The van der Waals surface area contributed by atoms with Gasteiger partial charge >= 0.3 is 0 Å². The molecule has 134 valence electrons. The van der Waals surface area contributed by atoms with Crippen molar-refractivity contribution in [2.45, 2.75) is 39.5 Å². The first-order chi connectivity index (χ1) is 12.5. The molecule has 0 spiro atoms. The molecule has 2 aromatic heterocycles. The molecule has 3 aromatic rings. The van der Waals surface area contributed by atoms with Gasteiger partial charge in [-0.15, -0.1) is 0 Å². The lowest BCUT2D eigenvalue weighted by molar-refractivity contribution is 0.0704. The summed E-state index contributed by atoms with van der Waals surface area (Å²) < 4.78 is 5.27. The Morgan fingerprint density at radius 3 is 2.38 bits per heavy atom. The van der Waals surface area contributed by atoms with Crippen molar-refractivity contribution in [2.24, 2.45) is 0 Å². The van der Waals surface area contributed by atoms with Gasteiger partial charge in [0.25, 0.3) is 5.91 Å². The Kier molecular flexibility index (Phi) is 4.14. The van der Waals surface area contributed by atoms with Crippen LogP contribution in [0.3, 0.4) is 0 Å². The van der Waals surface area contributed by atoms with Crippen LogP contribution in [0, 0.1) is 20.8 Å². The lowest BCUT2D eigenvalue weighted by Gasteiger charge is -2.30. The lowest BCUT2D eigenvalue weighted by Crippen LogP contribution is -2.38. The molecule has 0 unspecified atom stereocenters. The summed E-state index contributed by atoms with van der Waals surface area (Å²) in [4.78, 5) is 28.1. The summed E-state index contributed by atoms with van der Waals surface area (Å²) in [6.45, 7) is 7.05. The van der Waals surface area contributed by atoms with Crippen molar-refractivity contribution in [1.29, 1.82) is 0 Å². The first-order valence-corrected chi connectivity index (χ1v) is 8.86. The number of nitrogens with zero attached hydrogens (tertiary/aromatic N) is 5. The smallest absolute Gasteiger partial charge is 0.253 e. The van der Waals surface area contributed by atoms with Crippen LogP contribution < -0.4 is 0 Å². The summed E-state index contributed by atoms with van der Waals surface area (Å²) >= 11 is 0. The second kappa shape index (κ2) is 6.48. The van der Waals surface area contributed by atoms with Gasteiger partial charge < -0.3 is 9.42 Å². The van der Waals surface area contributed by atoms with Crippen molar-refractivity contribution in [3.8, 4) is 0 Å². The molecule has 1 fully saturated rings. The number of amides is 1. The molecule has 0 radical (unpaired) electrons. The van der Waals surface area contributed by atoms with Crippen LogP contribution in [0.1, 0.15) is 52.2 Å². The molecule has 1 amide bonds. The first-order valence-electron chi connectivity index (χ1n) is 8.86. The Labute approximate surface area is 151 Å². The highest BCUT2D eigenvalue weighted by molar-refractivity contribution is 5.97. The van der Waals surface area contributed by atoms with Gasteiger partial charge in [-0.2, -0.15) is 4.98 Å². The van der Waals surface area contributed by atoms with Gasteiger partial charge in [0.1, 0.15) is 0 Å². The van der Waals surface area contributed by atoms with Gasteiger partial charge in [0, 0.05) is 24.6 Å². The molecule has 3 heterocycles. The molecular formula is C19H21N5O2. The molecule has 1 aliphatic rings. The average Bonchev–Trinajstić information content (AvgIpc) is 3.08. The molecule has 4 rings (SSSR count). The lowest BCUT2D eigenvalue weighted by atomic mass is 9.96. The maximum absolute atomic E-state index is 12.9. The fraction of sp³-hybridized carbons (Fsp3) is 0.421. The highest BCUT2D eigenvalue weighted by atomic mass is 16.5. The molecule has 0 N–H and O–H groups in total. The van der Waals surface area contributed by atoms with Crippen LogP contribution in [-0.2, 0) is 0 Å². The predicted octanol–water partition coefficient (Wildman–Crippen LogP) is 2.96. The van der Waals surface area contributed by atoms with Crippen molar-refractivity contribution in [3.05, 3.63) is 46.9 Å². The molecule has 7 nitrogen and oxygen atoms in total. The van der Waals surface area contributed by atoms with E-state index >= 15 is 0 Å². The number of piperidine rings is 1. The third-order valence-electron chi connectivity index (χ3n) is 5.00. The molecule has 0 aliphatic carbocycles. The summed E-state index contributed by atoms with van der Waals surface area (Å²) in [5.41, 5.74) is 4.03. The molecule has 26 heavy (non-hydrogen) atoms. The van der Waals surface area contributed by atoms with Crippen molar-refractivity contribution in [2.75, 3.05) is 13.1 Å². The maximum atomic E-state index is 12.9. The third kappa shape index (κ3) is 3.05. The van der Waals surface area contributed by atoms with E-state index < -0.39 is 0 Å². The maximum Gasteiger partial charge on any atom is 0.253 e. The van der Waals surface area contributed by atoms with E-state index in [1.54, 1.807) is 0 Å². The minimum atomic E-state index is 0.0343. The van der Waals surface area contributed by atoms with E-state index in [0.29, 0.717) is 30.4 Å². The number of carbonyl (C=O) groups is 1. The van der Waals surface area contributed by atoms with Crippen molar-refractivity contribution < 1.29 is 9.32 Å². The van der Waals surface area contributed by atoms with Crippen LogP contribution in [0.5, 0.6) is 0 Å². The summed E-state index contributed by atoms with van der Waals surface area (Å²) in [6.07, 6.45) is 1.66. The van der Waals surface area contributed by atoms with E-state index in [1.165, 1.54) is 0 Å². The number of rotatable bonds is 2. The van der Waals surface area contributed by atoms with E-state index in [4.69, 9.17) is 4.52 Å². The summed E-state index contributed by atoms with van der Waals surface area (Å²) in [5.74, 6) is 1.60. The van der Waals surface area contributed by atoms with Crippen LogP contribution in [0.2, 0.25) is 0 Å². The van der Waals surface area contributed by atoms with E-state index in [9.17, 15) is 4.79 Å². The molecule has 0 bridgehead atoms. The number of hydrogen-bond acceptors (Lipinski definition) is 6. The van der Waals surface area contributed by atoms with Crippen molar-refractivity contribution >= 4 is 16.9 Å². The quantitative estimate of drug-likeness (QED) is 0.706. The molecule has 1 saturated heterocycles.